The van der Waals surface area contributed by atoms with Gasteiger partial charge in [0.15, 0.2) is 0 Å². The van der Waals surface area contributed by atoms with Gasteiger partial charge in [-0.1, -0.05) is 173 Å². The van der Waals surface area contributed by atoms with Crippen molar-refractivity contribution in [1.29, 1.82) is 0 Å². The van der Waals surface area contributed by atoms with Crippen molar-refractivity contribution in [2.75, 3.05) is 4.90 Å². The van der Waals surface area contributed by atoms with Gasteiger partial charge in [-0.2, -0.15) is 0 Å². The molecule has 9 aromatic carbocycles. The van der Waals surface area contributed by atoms with Crippen molar-refractivity contribution in [3.8, 4) is 44.5 Å². The van der Waals surface area contributed by atoms with Crippen molar-refractivity contribution in [2.24, 2.45) is 0 Å². The number of rotatable bonds is 5. The highest BCUT2D eigenvalue weighted by atomic mass is 16.3. The summed E-state index contributed by atoms with van der Waals surface area (Å²) in [6.07, 6.45) is 0. The number of anilines is 3. The molecule has 0 bridgehead atoms. The molecule has 0 amide bonds. The predicted octanol–water partition coefficient (Wildman–Crippen LogP) is 16.2. The lowest BCUT2D eigenvalue weighted by Crippen LogP contribution is -2.16. The minimum atomic E-state index is -0.137. The van der Waals surface area contributed by atoms with Crippen molar-refractivity contribution in [3.05, 3.63) is 210 Å². The van der Waals surface area contributed by atoms with E-state index in [9.17, 15) is 0 Å². The van der Waals surface area contributed by atoms with Crippen LogP contribution in [0.2, 0.25) is 0 Å². The first-order valence-electron chi connectivity index (χ1n) is 21.1. The van der Waals surface area contributed by atoms with Crippen LogP contribution in [0.5, 0.6) is 0 Å². The van der Waals surface area contributed by atoms with Gasteiger partial charge in [0.1, 0.15) is 11.2 Å². The maximum Gasteiger partial charge on any atom is 0.143 e. The Morgan fingerprint density at radius 2 is 0.983 bits per heavy atom. The standard InChI is InChI=1S/C58H43NO/c1-57(2)49-23-11-9-19-43(49)45-34-32-39(35-51(45)57)59(52-25-14-26-53-54(52)48-33-29-36-15-5-6-17-41(36)56(48)60-53)38-30-27-37(28-31-38)40-16-7-8-18-42(40)46-21-13-22-47-44-20-10-12-24-50(44)58(3,4)55(46)47/h5-35H,1-4H3. The molecule has 1 heterocycles. The third-order valence-electron chi connectivity index (χ3n) is 13.7. The summed E-state index contributed by atoms with van der Waals surface area (Å²) in [6, 6.07) is 69.2. The number of fused-ring (bicyclic) bond motifs is 11. The molecule has 12 rings (SSSR count). The first-order valence-corrected chi connectivity index (χ1v) is 21.1. The monoisotopic (exact) mass is 769 g/mol. The maximum atomic E-state index is 6.75. The van der Waals surface area contributed by atoms with Crippen LogP contribution in [0.3, 0.4) is 0 Å². The van der Waals surface area contributed by atoms with Crippen LogP contribution < -0.4 is 4.90 Å². The Balaban J connectivity index is 1.04. The average molecular weight is 770 g/mol. The Morgan fingerprint density at radius 3 is 1.77 bits per heavy atom. The molecule has 2 aliphatic rings. The highest BCUT2D eigenvalue weighted by molar-refractivity contribution is 6.19. The number of nitrogens with zero attached hydrogens (tertiary/aromatic N) is 1. The Morgan fingerprint density at radius 1 is 0.400 bits per heavy atom. The summed E-state index contributed by atoms with van der Waals surface area (Å²) < 4.78 is 6.75. The van der Waals surface area contributed by atoms with Gasteiger partial charge in [-0.05, 0) is 115 Å². The van der Waals surface area contributed by atoms with Crippen LogP contribution in [0.4, 0.5) is 17.1 Å². The van der Waals surface area contributed by atoms with E-state index in [1.165, 1.54) is 72.1 Å². The number of benzene rings is 9. The van der Waals surface area contributed by atoms with Gasteiger partial charge >= 0.3 is 0 Å². The van der Waals surface area contributed by atoms with Gasteiger partial charge in [0, 0.05) is 33.0 Å². The summed E-state index contributed by atoms with van der Waals surface area (Å²) in [5.41, 5.74) is 20.6. The molecule has 0 unspecified atom stereocenters. The van der Waals surface area contributed by atoms with Crippen LogP contribution in [0.25, 0.3) is 77.2 Å². The largest absolute Gasteiger partial charge is 0.455 e. The molecule has 0 aliphatic heterocycles. The lowest BCUT2D eigenvalue weighted by atomic mass is 9.78. The molecule has 10 aromatic rings. The topological polar surface area (TPSA) is 16.4 Å². The zero-order valence-corrected chi connectivity index (χ0v) is 34.3. The molecule has 2 aliphatic carbocycles. The highest BCUT2D eigenvalue weighted by Crippen LogP contribution is 2.54. The van der Waals surface area contributed by atoms with Crippen molar-refractivity contribution in [1.82, 2.24) is 0 Å². The smallest absolute Gasteiger partial charge is 0.143 e. The van der Waals surface area contributed by atoms with E-state index in [1.54, 1.807) is 0 Å². The van der Waals surface area contributed by atoms with E-state index in [-0.39, 0.29) is 10.8 Å². The Bertz CT molecular complexity index is 3380. The predicted molar refractivity (Wildman–Crippen MR) is 252 cm³/mol. The zero-order valence-electron chi connectivity index (χ0n) is 34.3. The minimum absolute atomic E-state index is 0.115. The van der Waals surface area contributed by atoms with E-state index >= 15 is 0 Å². The van der Waals surface area contributed by atoms with E-state index in [0.29, 0.717) is 0 Å². The van der Waals surface area contributed by atoms with Gasteiger partial charge in [0.2, 0.25) is 0 Å². The average Bonchev–Trinajstić information content (AvgIpc) is 3.87. The molecular formula is C58H43NO. The van der Waals surface area contributed by atoms with Gasteiger partial charge in [0.25, 0.3) is 0 Å². The molecule has 60 heavy (non-hydrogen) atoms. The summed E-state index contributed by atoms with van der Waals surface area (Å²) in [6.45, 7) is 9.46. The second-order valence-corrected chi connectivity index (χ2v) is 17.6. The molecule has 2 heteroatoms. The SMILES string of the molecule is CC1(C)c2ccccc2-c2ccc(N(c3ccc(-c4ccccc4-c4cccc5c4C(C)(C)c4ccccc4-5)cc3)c3cccc4oc5c6ccccc6ccc5c34)cc21. The fraction of sp³-hybridized carbons (Fsp3) is 0.103. The fourth-order valence-corrected chi connectivity index (χ4v) is 10.8. The van der Waals surface area contributed by atoms with Crippen molar-refractivity contribution in [2.45, 2.75) is 38.5 Å². The Kier molecular flexibility index (Phi) is 7.36. The van der Waals surface area contributed by atoms with Gasteiger partial charge in [-0.15, -0.1) is 0 Å². The Hall–Kier alpha value is -7.16. The number of hydrogen-bond donors (Lipinski definition) is 0. The quantitative estimate of drug-likeness (QED) is 0.173. The van der Waals surface area contributed by atoms with Crippen molar-refractivity contribution < 1.29 is 4.42 Å². The molecule has 0 atom stereocenters. The molecule has 0 saturated heterocycles. The van der Waals surface area contributed by atoms with Crippen LogP contribution in [-0.4, -0.2) is 0 Å². The summed E-state index contributed by atoms with van der Waals surface area (Å²) in [7, 11) is 0. The van der Waals surface area contributed by atoms with E-state index < -0.39 is 0 Å². The third-order valence-corrected chi connectivity index (χ3v) is 13.7. The molecular weight excluding hydrogens is 727 g/mol. The lowest BCUT2D eigenvalue weighted by Gasteiger charge is -2.29. The number of hydrogen-bond acceptors (Lipinski definition) is 2. The molecule has 0 saturated carbocycles. The second kappa shape index (κ2) is 12.7. The van der Waals surface area contributed by atoms with E-state index in [1.807, 2.05) is 0 Å². The summed E-state index contributed by atoms with van der Waals surface area (Å²) in [5.74, 6) is 0. The normalized spacial score (nSPS) is 14.3. The van der Waals surface area contributed by atoms with Crippen LogP contribution in [0, 0.1) is 0 Å². The van der Waals surface area contributed by atoms with Gasteiger partial charge in [0.05, 0.1) is 11.1 Å². The summed E-state index contributed by atoms with van der Waals surface area (Å²) in [4.78, 5) is 2.44. The van der Waals surface area contributed by atoms with Gasteiger partial charge < -0.3 is 9.32 Å². The second-order valence-electron chi connectivity index (χ2n) is 17.6. The summed E-state index contributed by atoms with van der Waals surface area (Å²) in [5, 5.41) is 4.52. The van der Waals surface area contributed by atoms with Gasteiger partial charge in [-0.3, -0.25) is 0 Å². The van der Waals surface area contributed by atoms with E-state index in [0.717, 1.165) is 44.4 Å². The Labute approximate surface area is 351 Å². The van der Waals surface area contributed by atoms with Crippen LogP contribution in [0.1, 0.15) is 49.9 Å². The molecule has 0 radical (unpaired) electrons. The van der Waals surface area contributed by atoms with Crippen LogP contribution >= 0.6 is 0 Å². The molecule has 2 nitrogen and oxygen atoms in total. The van der Waals surface area contributed by atoms with Crippen LogP contribution in [0.15, 0.2) is 192 Å². The lowest BCUT2D eigenvalue weighted by molar-refractivity contribution is 0.660. The highest BCUT2D eigenvalue weighted by Gasteiger charge is 2.38. The van der Waals surface area contributed by atoms with Crippen molar-refractivity contribution in [3.63, 3.8) is 0 Å². The summed E-state index contributed by atoms with van der Waals surface area (Å²) >= 11 is 0. The molecule has 0 spiro atoms. The first-order chi connectivity index (χ1) is 29.3. The third kappa shape index (κ3) is 4.88. The first kappa shape index (κ1) is 34.8. The molecule has 1 aromatic heterocycles. The van der Waals surface area contributed by atoms with Gasteiger partial charge in [-0.25, -0.2) is 0 Å². The minimum Gasteiger partial charge on any atom is -0.455 e. The molecule has 0 N–H and O–H groups in total. The van der Waals surface area contributed by atoms with E-state index in [4.69, 9.17) is 4.42 Å². The van der Waals surface area contributed by atoms with E-state index in [2.05, 4.69) is 221 Å². The van der Waals surface area contributed by atoms with Crippen LogP contribution in [-0.2, 0) is 10.8 Å². The fourth-order valence-electron chi connectivity index (χ4n) is 10.8. The van der Waals surface area contributed by atoms with Crippen molar-refractivity contribution >= 4 is 49.8 Å². The maximum absolute atomic E-state index is 6.75. The zero-order chi connectivity index (χ0) is 40.3. The molecule has 286 valence electrons. The molecule has 0 fully saturated rings. The number of furan rings is 1.